The Morgan fingerprint density at radius 3 is 2.43 bits per heavy atom. The third-order valence-electron chi connectivity index (χ3n) is 4.11. The van der Waals surface area contributed by atoms with Crippen molar-refractivity contribution in [2.75, 3.05) is 43.9 Å². The molecular formula is C14H21N3O3S. The second kappa shape index (κ2) is 5.38. The maximum atomic E-state index is 12.2. The van der Waals surface area contributed by atoms with Crippen molar-refractivity contribution in [3.05, 3.63) is 18.2 Å². The fourth-order valence-electron chi connectivity index (χ4n) is 2.77. The fraction of sp³-hybridized carbons (Fsp3) is 0.571. The number of nitrogens with two attached hydrogens (primary N) is 1. The van der Waals surface area contributed by atoms with Gasteiger partial charge in [-0.25, -0.2) is 8.42 Å². The number of benzene rings is 1. The summed E-state index contributed by atoms with van der Waals surface area (Å²) < 4.78 is 31.5. The number of hydrogen-bond donors (Lipinski definition) is 1. The normalized spacial score (nSPS) is 20.5. The molecule has 2 aliphatic rings. The zero-order valence-corrected chi connectivity index (χ0v) is 13.0. The lowest BCUT2D eigenvalue weighted by Crippen LogP contribution is -2.49. The van der Waals surface area contributed by atoms with E-state index >= 15 is 0 Å². The number of piperazine rings is 1. The maximum absolute atomic E-state index is 12.2. The van der Waals surface area contributed by atoms with E-state index in [-0.39, 0.29) is 5.25 Å². The Kier molecular flexibility index (Phi) is 3.71. The van der Waals surface area contributed by atoms with Crippen LogP contribution in [-0.4, -0.2) is 51.3 Å². The summed E-state index contributed by atoms with van der Waals surface area (Å²) in [4.78, 5) is 2.13. The topological polar surface area (TPSA) is 75.9 Å². The van der Waals surface area contributed by atoms with Gasteiger partial charge in [-0.05, 0) is 25.0 Å². The van der Waals surface area contributed by atoms with E-state index in [2.05, 4.69) is 4.90 Å². The minimum atomic E-state index is -3.07. The predicted octanol–water partition coefficient (Wildman–Crippen LogP) is 0.892. The molecule has 1 aromatic rings. The van der Waals surface area contributed by atoms with Crippen LogP contribution in [0.1, 0.15) is 12.8 Å². The Morgan fingerprint density at radius 2 is 1.86 bits per heavy atom. The largest absolute Gasteiger partial charge is 0.492 e. The molecule has 0 amide bonds. The van der Waals surface area contributed by atoms with E-state index in [0.29, 0.717) is 37.6 Å². The maximum Gasteiger partial charge on any atom is 0.217 e. The molecule has 1 aliphatic carbocycles. The Balaban J connectivity index is 1.73. The zero-order valence-electron chi connectivity index (χ0n) is 12.2. The summed E-state index contributed by atoms with van der Waals surface area (Å²) in [5, 5.41) is -0.133. The molecule has 2 fully saturated rings. The van der Waals surface area contributed by atoms with Crippen LogP contribution in [0.4, 0.5) is 11.4 Å². The number of para-hydroxylation sites is 1. The third kappa shape index (κ3) is 2.67. The van der Waals surface area contributed by atoms with Gasteiger partial charge in [0.25, 0.3) is 0 Å². The molecule has 0 bridgehead atoms. The number of methoxy groups -OCH3 is 1. The van der Waals surface area contributed by atoms with E-state index in [1.807, 2.05) is 12.1 Å². The van der Waals surface area contributed by atoms with Gasteiger partial charge in [0.1, 0.15) is 0 Å². The average Bonchev–Trinajstić information content (AvgIpc) is 3.32. The van der Waals surface area contributed by atoms with E-state index in [1.54, 1.807) is 17.5 Å². The number of ether oxygens (including phenoxy) is 1. The lowest BCUT2D eigenvalue weighted by molar-refractivity contribution is 0.378. The minimum Gasteiger partial charge on any atom is -0.492 e. The molecule has 1 heterocycles. The first kappa shape index (κ1) is 14.5. The van der Waals surface area contributed by atoms with Crippen molar-refractivity contribution < 1.29 is 13.2 Å². The van der Waals surface area contributed by atoms with Crippen LogP contribution in [0.3, 0.4) is 0 Å². The van der Waals surface area contributed by atoms with E-state index in [0.717, 1.165) is 18.5 Å². The summed E-state index contributed by atoms with van der Waals surface area (Å²) >= 11 is 0. The molecule has 116 valence electrons. The van der Waals surface area contributed by atoms with Crippen LogP contribution >= 0.6 is 0 Å². The van der Waals surface area contributed by atoms with Crippen molar-refractivity contribution in [2.45, 2.75) is 18.1 Å². The summed E-state index contributed by atoms with van der Waals surface area (Å²) in [6, 6.07) is 5.65. The molecule has 1 aliphatic heterocycles. The highest BCUT2D eigenvalue weighted by molar-refractivity contribution is 7.90. The highest BCUT2D eigenvalue weighted by atomic mass is 32.2. The smallest absolute Gasteiger partial charge is 0.217 e. The lowest BCUT2D eigenvalue weighted by Gasteiger charge is -2.36. The Labute approximate surface area is 125 Å². The van der Waals surface area contributed by atoms with Crippen LogP contribution in [0, 0.1) is 0 Å². The van der Waals surface area contributed by atoms with E-state index in [9.17, 15) is 8.42 Å². The van der Waals surface area contributed by atoms with Crippen LogP contribution in [0.5, 0.6) is 5.75 Å². The van der Waals surface area contributed by atoms with Gasteiger partial charge in [0, 0.05) is 26.2 Å². The number of hydrogen-bond acceptors (Lipinski definition) is 5. The number of nitrogens with zero attached hydrogens (tertiary/aromatic N) is 2. The average molecular weight is 311 g/mol. The Bertz CT molecular complexity index is 620. The van der Waals surface area contributed by atoms with Gasteiger partial charge in [-0.15, -0.1) is 0 Å². The van der Waals surface area contributed by atoms with Crippen LogP contribution in [0.15, 0.2) is 18.2 Å². The van der Waals surface area contributed by atoms with Crippen LogP contribution < -0.4 is 15.4 Å². The molecule has 3 rings (SSSR count). The molecule has 0 aromatic heterocycles. The minimum absolute atomic E-state index is 0.133. The number of rotatable bonds is 4. The Morgan fingerprint density at radius 1 is 1.19 bits per heavy atom. The van der Waals surface area contributed by atoms with E-state index < -0.39 is 10.0 Å². The first-order valence-electron chi connectivity index (χ1n) is 7.20. The van der Waals surface area contributed by atoms with Gasteiger partial charge in [-0.2, -0.15) is 4.31 Å². The molecule has 0 unspecified atom stereocenters. The molecule has 2 N–H and O–H groups in total. The summed E-state index contributed by atoms with van der Waals surface area (Å²) in [5.74, 6) is 0.663. The van der Waals surface area contributed by atoms with Gasteiger partial charge in [-0.3, -0.25) is 0 Å². The lowest BCUT2D eigenvalue weighted by atomic mass is 10.2. The first-order valence-corrected chi connectivity index (χ1v) is 8.70. The highest BCUT2D eigenvalue weighted by Crippen LogP contribution is 2.35. The standard InChI is InChI=1S/C14H21N3O3S/c1-20-14-12(15)3-2-4-13(14)16-7-9-17(10-8-16)21(18,19)11-5-6-11/h2-4,11H,5-10,15H2,1H3. The summed E-state index contributed by atoms with van der Waals surface area (Å²) in [7, 11) is -1.47. The van der Waals surface area contributed by atoms with Gasteiger partial charge in [0.15, 0.2) is 5.75 Å². The molecule has 21 heavy (non-hydrogen) atoms. The van der Waals surface area contributed by atoms with Gasteiger partial charge in [0.2, 0.25) is 10.0 Å². The van der Waals surface area contributed by atoms with Crippen molar-refractivity contribution in [1.82, 2.24) is 4.31 Å². The molecule has 7 heteroatoms. The molecule has 0 radical (unpaired) electrons. The van der Waals surface area contributed by atoms with Crippen molar-refractivity contribution >= 4 is 21.4 Å². The third-order valence-corrected chi connectivity index (χ3v) is 6.51. The van der Waals surface area contributed by atoms with Crippen molar-refractivity contribution in [3.8, 4) is 5.75 Å². The number of sulfonamides is 1. The van der Waals surface area contributed by atoms with Crippen LogP contribution in [-0.2, 0) is 10.0 Å². The van der Waals surface area contributed by atoms with Crippen molar-refractivity contribution in [3.63, 3.8) is 0 Å². The fourth-order valence-corrected chi connectivity index (χ4v) is 4.60. The highest BCUT2D eigenvalue weighted by Gasteiger charge is 2.41. The van der Waals surface area contributed by atoms with Crippen LogP contribution in [0.25, 0.3) is 0 Å². The second-order valence-corrected chi connectivity index (χ2v) is 7.74. The molecular weight excluding hydrogens is 290 g/mol. The molecule has 1 saturated carbocycles. The van der Waals surface area contributed by atoms with Gasteiger partial charge in [-0.1, -0.05) is 6.07 Å². The number of nitrogen functional groups attached to an aromatic ring is 1. The number of anilines is 2. The molecule has 0 atom stereocenters. The molecule has 1 saturated heterocycles. The quantitative estimate of drug-likeness (QED) is 0.836. The monoisotopic (exact) mass is 311 g/mol. The zero-order chi connectivity index (χ0) is 15.0. The van der Waals surface area contributed by atoms with Crippen molar-refractivity contribution in [2.24, 2.45) is 0 Å². The molecule has 1 aromatic carbocycles. The first-order chi connectivity index (χ1) is 10.0. The summed E-state index contributed by atoms with van der Waals surface area (Å²) in [6.07, 6.45) is 1.62. The predicted molar refractivity (Wildman–Crippen MR) is 83.1 cm³/mol. The van der Waals surface area contributed by atoms with Gasteiger partial charge < -0.3 is 15.4 Å². The second-order valence-electron chi connectivity index (χ2n) is 5.53. The summed E-state index contributed by atoms with van der Waals surface area (Å²) in [5.41, 5.74) is 7.46. The molecule has 6 nitrogen and oxygen atoms in total. The molecule has 0 spiro atoms. The SMILES string of the molecule is COc1c(N)cccc1N1CCN(S(=O)(=O)C2CC2)CC1. The summed E-state index contributed by atoms with van der Waals surface area (Å²) in [6.45, 7) is 2.37. The van der Waals surface area contributed by atoms with Crippen molar-refractivity contribution in [1.29, 1.82) is 0 Å². The van der Waals surface area contributed by atoms with E-state index in [1.165, 1.54) is 0 Å². The van der Waals surface area contributed by atoms with Crippen LogP contribution in [0.2, 0.25) is 0 Å². The van der Waals surface area contributed by atoms with Gasteiger partial charge in [0.05, 0.1) is 23.7 Å². The van der Waals surface area contributed by atoms with E-state index in [4.69, 9.17) is 10.5 Å². The Hall–Kier alpha value is -1.47. The van der Waals surface area contributed by atoms with Gasteiger partial charge >= 0.3 is 0 Å².